The lowest BCUT2D eigenvalue weighted by Gasteiger charge is -2.13. The van der Waals surface area contributed by atoms with Gasteiger partial charge in [-0.25, -0.2) is 8.42 Å². The van der Waals surface area contributed by atoms with Crippen molar-refractivity contribution in [3.8, 4) is 5.75 Å². The summed E-state index contributed by atoms with van der Waals surface area (Å²) in [6.45, 7) is 8.51. The third kappa shape index (κ3) is 6.58. The number of sulfonamides is 1. The molecular weight excluding hydrogens is 504 g/mol. The van der Waals surface area contributed by atoms with Gasteiger partial charge in [-0.3, -0.25) is 9.52 Å². The fourth-order valence-corrected chi connectivity index (χ4v) is 4.69. The first-order chi connectivity index (χ1) is 15.5. The molecule has 0 bridgehead atoms. The van der Waals surface area contributed by atoms with Crippen LogP contribution in [0, 0.1) is 19.8 Å². The number of halogens is 1. The predicted molar refractivity (Wildman–Crippen MR) is 136 cm³/mol. The largest absolute Gasteiger partial charge is 0.492 e. The minimum atomic E-state index is -3.75. The molecule has 3 aromatic rings. The Bertz CT molecular complexity index is 1260. The number of ether oxygens (including phenoxy) is 1. The van der Waals surface area contributed by atoms with E-state index in [1.54, 1.807) is 36.4 Å². The van der Waals surface area contributed by atoms with Gasteiger partial charge < -0.3 is 10.1 Å². The van der Waals surface area contributed by atoms with Gasteiger partial charge in [-0.2, -0.15) is 0 Å². The van der Waals surface area contributed by atoms with Gasteiger partial charge >= 0.3 is 0 Å². The molecule has 0 fully saturated rings. The van der Waals surface area contributed by atoms with E-state index >= 15 is 0 Å². The average Bonchev–Trinajstić information content (AvgIpc) is 2.75. The molecule has 0 spiro atoms. The molecule has 8 heteroatoms. The molecule has 0 saturated carbocycles. The predicted octanol–water partition coefficient (Wildman–Crippen LogP) is 6.15. The van der Waals surface area contributed by atoms with Crippen molar-refractivity contribution in [3.63, 3.8) is 0 Å². The van der Waals surface area contributed by atoms with Crippen LogP contribution in [-0.2, 0) is 10.0 Å². The van der Waals surface area contributed by atoms with E-state index < -0.39 is 10.0 Å². The number of carbonyl (C=O) groups excluding carboxylic acids is 1. The van der Waals surface area contributed by atoms with Crippen LogP contribution in [0.2, 0.25) is 0 Å². The second kappa shape index (κ2) is 10.4. The maximum Gasteiger partial charge on any atom is 0.261 e. The summed E-state index contributed by atoms with van der Waals surface area (Å²) in [4.78, 5) is 12.7. The Morgan fingerprint density at radius 1 is 1.00 bits per heavy atom. The van der Waals surface area contributed by atoms with Crippen molar-refractivity contribution >= 4 is 43.2 Å². The zero-order chi connectivity index (χ0) is 24.2. The highest BCUT2D eigenvalue weighted by Crippen LogP contribution is 2.27. The molecule has 1 amide bonds. The topological polar surface area (TPSA) is 84.5 Å². The molecule has 3 rings (SSSR count). The van der Waals surface area contributed by atoms with Gasteiger partial charge in [0.2, 0.25) is 0 Å². The molecule has 0 radical (unpaired) electrons. The van der Waals surface area contributed by atoms with E-state index in [1.165, 1.54) is 12.1 Å². The fourth-order valence-electron chi connectivity index (χ4n) is 3.07. The molecule has 0 aliphatic carbocycles. The Labute approximate surface area is 203 Å². The minimum Gasteiger partial charge on any atom is -0.492 e. The summed E-state index contributed by atoms with van der Waals surface area (Å²) in [6, 6.07) is 16.7. The molecule has 0 saturated heterocycles. The number of carbonyl (C=O) groups is 1. The molecule has 2 N–H and O–H groups in total. The third-order valence-electron chi connectivity index (χ3n) is 4.81. The van der Waals surface area contributed by atoms with Crippen LogP contribution >= 0.6 is 15.9 Å². The lowest BCUT2D eigenvalue weighted by Crippen LogP contribution is -2.15. The zero-order valence-corrected chi connectivity index (χ0v) is 21.4. The van der Waals surface area contributed by atoms with Crippen LogP contribution < -0.4 is 14.8 Å². The average molecular weight is 531 g/mol. The van der Waals surface area contributed by atoms with Crippen LogP contribution in [0.3, 0.4) is 0 Å². The van der Waals surface area contributed by atoms with Gasteiger partial charge in [0, 0.05) is 11.3 Å². The quantitative estimate of drug-likeness (QED) is 0.365. The molecule has 0 heterocycles. The van der Waals surface area contributed by atoms with E-state index in [1.807, 2.05) is 26.0 Å². The van der Waals surface area contributed by atoms with Crippen LogP contribution in [0.5, 0.6) is 5.75 Å². The summed E-state index contributed by atoms with van der Waals surface area (Å²) in [5.74, 6) is 0.754. The Kier molecular flexibility index (Phi) is 7.81. The van der Waals surface area contributed by atoms with Gasteiger partial charge in [0.05, 0.1) is 21.7 Å². The Morgan fingerprint density at radius 3 is 2.30 bits per heavy atom. The zero-order valence-electron chi connectivity index (χ0n) is 19.0. The van der Waals surface area contributed by atoms with Crippen LogP contribution in [0.25, 0.3) is 0 Å². The van der Waals surface area contributed by atoms with Gasteiger partial charge in [-0.1, -0.05) is 31.5 Å². The van der Waals surface area contributed by atoms with Crippen molar-refractivity contribution in [2.75, 3.05) is 16.6 Å². The highest BCUT2D eigenvalue weighted by Gasteiger charge is 2.16. The molecule has 0 unspecified atom stereocenters. The summed E-state index contributed by atoms with van der Waals surface area (Å²) < 4.78 is 34.5. The standard InChI is InChI=1S/C25H27BrN2O4S/c1-16(2)15-32-24-12-6-19(14-22(24)26)25(29)27-20-7-9-21(10-8-20)33(30,31)28-23-11-5-17(3)13-18(23)4/h5-14,16,28H,15H2,1-4H3,(H,27,29). The van der Waals surface area contributed by atoms with Crippen molar-refractivity contribution in [1.29, 1.82) is 0 Å². The molecule has 0 aromatic heterocycles. The van der Waals surface area contributed by atoms with E-state index in [-0.39, 0.29) is 10.8 Å². The molecule has 0 atom stereocenters. The van der Waals surface area contributed by atoms with Crippen molar-refractivity contribution in [3.05, 3.63) is 81.8 Å². The Morgan fingerprint density at radius 2 is 1.70 bits per heavy atom. The highest BCUT2D eigenvalue weighted by atomic mass is 79.9. The fraction of sp³-hybridized carbons (Fsp3) is 0.240. The van der Waals surface area contributed by atoms with E-state index in [4.69, 9.17) is 4.74 Å². The van der Waals surface area contributed by atoms with E-state index in [2.05, 4.69) is 39.8 Å². The number of hydrogen-bond acceptors (Lipinski definition) is 4. The normalized spacial score (nSPS) is 11.3. The molecule has 6 nitrogen and oxygen atoms in total. The minimum absolute atomic E-state index is 0.106. The van der Waals surface area contributed by atoms with Crippen molar-refractivity contribution in [1.82, 2.24) is 0 Å². The summed E-state index contributed by atoms with van der Waals surface area (Å²) in [6.07, 6.45) is 0. The van der Waals surface area contributed by atoms with Gasteiger partial charge in [0.1, 0.15) is 5.75 Å². The van der Waals surface area contributed by atoms with E-state index in [0.29, 0.717) is 39.7 Å². The number of aryl methyl sites for hydroxylation is 2. The van der Waals surface area contributed by atoms with Gasteiger partial charge in [0.25, 0.3) is 15.9 Å². The summed E-state index contributed by atoms with van der Waals surface area (Å²) >= 11 is 3.44. The molecular formula is C25H27BrN2O4S. The Hall–Kier alpha value is -2.84. The Balaban J connectivity index is 1.68. The number of amides is 1. The van der Waals surface area contributed by atoms with Crippen LogP contribution in [0.15, 0.2) is 70.0 Å². The molecule has 0 aliphatic heterocycles. The van der Waals surface area contributed by atoms with Crippen molar-refractivity contribution < 1.29 is 17.9 Å². The van der Waals surface area contributed by atoms with Gasteiger partial charge in [-0.05, 0) is 89.8 Å². The first kappa shape index (κ1) is 24.8. The number of rotatable bonds is 8. The van der Waals surface area contributed by atoms with Crippen LogP contribution in [0.1, 0.15) is 35.3 Å². The highest BCUT2D eigenvalue weighted by molar-refractivity contribution is 9.10. The second-order valence-corrected chi connectivity index (χ2v) is 10.8. The van der Waals surface area contributed by atoms with Gasteiger partial charge in [0.15, 0.2) is 0 Å². The number of hydrogen-bond donors (Lipinski definition) is 2. The SMILES string of the molecule is Cc1ccc(NS(=O)(=O)c2ccc(NC(=O)c3ccc(OCC(C)C)c(Br)c3)cc2)c(C)c1. The maximum absolute atomic E-state index is 12.7. The molecule has 33 heavy (non-hydrogen) atoms. The summed E-state index contributed by atoms with van der Waals surface area (Å²) in [5, 5.41) is 2.78. The number of benzene rings is 3. The molecule has 3 aromatic carbocycles. The van der Waals surface area contributed by atoms with Crippen LogP contribution in [0.4, 0.5) is 11.4 Å². The van der Waals surface area contributed by atoms with E-state index in [0.717, 1.165) is 11.1 Å². The van der Waals surface area contributed by atoms with Gasteiger partial charge in [-0.15, -0.1) is 0 Å². The molecule has 0 aliphatic rings. The monoisotopic (exact) mass is 530 g/mol. The number of nitrogens with one attached hydrogen (secondary N) is 2. The lowest BCUT2D eigenvalue weighted by atomic mass is 10.1. The summed E-state index contributed by atoms with van der Waals surface area (Å²) in [7, 11) is -3.75. The van der Waals surface area contributed by atoms with Crippen LogP contribution in [-0.4, -0.2) is 20.9 Å². The lowest BCUT2D eigenvalue weighted by molar-refractivity contribution is 0.102. The smallest absolute Gasteiger partial charge is 0.261 e. The van der Waals surface area contributed by atoms with Crippen molar-refractivity contribution in [2.45, 2.75) is 32.6 Å². The molecule has 174 valence electrons. The van der Waals surface area contributed by atoms with E-state index in [9.17, 15) is 13.2 Å². The third-order valence-corrected chi connectivity index (χ3v) is 6.82. The second-order valence-electron chi connectivity index (χ2n) is 8.25. The number of anilines is 2. The van der Waals surface area contributed by atoms with Crippen molar-refractivity contribution in [2.24, 2.45) is 5.92 Å². The maximum atomic E-state index is 12.7. The summed E-state index contributed by atoms with van der Waals surface area (Å²) in [5.41, 5.74) is 3.37. The first-order valence-corrected chi connectivity index (χ1v) is 12.8. The first-order valence-electron chi connectivity index (χ1n) is 10.5.